The molecule has 164 valence electrons. The molecule has 3 atom stereocenters. The number of rotatable bonds is 8. The smallest absolute Gasteiger partial charge is 0.301 e. The fraction of sp³-hybridized carbons (Fsp3) is 1.00. The Hall–Kier alpha value is 0.0800. The SMILES string of the molecule is O=S(O)C(F)(F)C(F)(F)OC(F)(C(F)(F)F)C(F)(F)OC(F)(Br)C(F)(F)Br. The molecule has 1 N–H and O–H groups in total. The highest BCUT2D eigenvalue weighted by molar-refractivity contribution is 9.12. The van der Waals surface area contributed by atoms with Crippen LogP contribution in [0.1, 0.15) is 0 Å². The highest BCUT2D eigenvalue weighted by atomic mass is 79.9. The predicted octanol–water partition coefficient (Wildman–Crippen LogP) is 5.25. The second-order valence-electron chi connectivity index (χ2n) is 4.11. The van der Waals surface area contributed by atoms with Crippen LogP contribution >= 0.6 is 31.9 Å². The maximum Gasteiger partial charge on any atom is 0.458 e. The number of hydrogen-bond acceptors (Lipinski definition) is 3. The van der Waals surface area contributed by atoms with E-state index >= 15 is 0 Å². The summed E-state index contributed by atoms with van der Waals surface area (Å²) in [6.45, 7) is 0. The Morgan fingerprint density at radius 2 is 1.07 bits per heavy atom. The first-order valence-corrected chi connectivity index (χ1v) is 7.90. The van der Waals surface area contributed by atoms with Crippen LogP contribution in [0.15, 0.2) is 0 Å². The molecule has 0 aromatic carbocycles. The van der Waals surface area contributed by atoms with Gasteiger partial charge in [-0.05, 0) is 31.9 Å². The molecule has 27 heavy (non-hydrogen) atoms. The Balaban J connectivity index is 6.31. The molecular weight excluding hydrogens is 587 g/mol. The molecule has 0 aromatic rings. The standard InChI is InChI=1S/C7HBr2F13O4S/c8-2(11,12)3(9,13)26-5(17,18)1(10,4(14,15)16)25-6(19,20)7(21,22)27(23)24/h(H,23,24). The second-order valence-corrected chi connectivity index (χ2v) is 7.14. The van der Waals surface area contributed by atoms with Gasteiger partial charge in [-0.2, -0.15) is 57.1 Å². The lowest BCUT2D eigenvalue weighted by molar-refractivity contribution is -0.524. The van der Waals surface area contributed by atoms with Crippen molar-refractivity contribution in [2.75, 3.05) is 0 Å². The summed E-state index contributed by atoms with van der Waals surface area (Å²) < 4.78 is 184. The summed E-state index contributed by atoms with van der Waals surface area (Å²) in [5.41, 5.74) is 0. The van der Waals surface area contributed by atoms with Gasteiger partial charge in [0.2, 0.25) is 11.1 Å². The number of hydrogen-bond donors (Lipinski definition) is 1. The van der Waals surface area contributed by atoms with E-state index < -0.39 is 50.2 Å². The highest BCUT2D eigenvalue weighted by Gasteiger charge is 2.82. The maximum absolute atomic E-state index is 13.6. The third-order valence-electron chi connectivity index (χ3n) is 2.15. The summed E-state index contributed by atoms with van der Waals surface area (Å²) in [6.07, 6.45) is -21.8. The summed E-state index contributed by atoms with van der Waals surface area (Å²) in [5.74, 6) is -7.42. The molecule has 0 aromatic heterocycles. The average Bonchev–Trinajstić information content (AvgIpc) is 2.33. The third kappa shape index (κ3) is 5.17. The topological polar surface area (TPSA) is 55.8 Å². The monoisotopic (exact) mass is 586 g/mol. The Morgan fingerprint density at radius 1 is 0.704 bits per heavy atom. The van der Waals surface area contributed by atoms with Gasteiger partial charge in [-0.1, -0.05) is 0 Å². The fourth-order valence-electron chi connectivity index (χ4n) is 0.904. The van der Waals surface area contributed by atoms with E-state index in [0.717, 1.165) is 31.9 Å². The van der Waals surface area contributed by atoms with E-state index in [1.165, 1.54) is 0 Å². The molecule has 0 aliphatic rings. The van der Waals surface area contributed by atoms with Crippen molar-refractivity contribution in [1.29, 1.82) is 0 Å². The van der Waals surface area contributed by atoms with Gasteiger partial charge in [0.15, 0.2) is 0 Å². The molecule has 0 spiro atoms. The predicted molar refractivity (Wildman–Crippen MR) is 64.3 cm³/mol. The van der Waals surface area contributed by atoms with Crippen molar-refractivity contribution in [3.05, 3.63) is 0 Å². The van der Waals surface area contributed by atoms with Crippen molar-refractivity contribution in [3.8, 4) is 0 Å². The van der Waals surface area contributed by atoms with Crippen LogP contribution < -0.4 is 0 Å². The first-order chi connectivity index (χ1) is 11.4. The minimum Gasteiger partial charge on any atom is -0.301 e. The number of alkyl halides is 15. The van der Waals surface area contributed by atoms with Crippen LogP contribution in [-0.4, -0.2) is 47.9 Å². The Kier molecular flexibility index (Phi) is 7.42. The van der Waals surface area contributed by atoms with E-state index in [9.17, 15) is 61.3 Å². The van der Waals surface area contributed by atoms with E-state index in [1.54, 1.807) is 4.74 Å². The molecule has 0 fully saturated rings. The van der Waals surface area contributed by atoms with E-state index in [0.29, 0.717) is 0 Å². The van der Waals surface area contributed by atoms with Gasteiger partial charge >= 0.3 is 39.1 Å². The van der Waals surface area contributed by atoms with Crippen LogP contribution in [0.25, 0.3) is 0 Å². The van der Waals surface area contributed by atoms with Crippen molar-refractivity contribution >= 4 is 42.9 Å². The third-order valence-corrected chi connectivity index (χ3v) is 4.53. The Labute approximate surface area is 157 Å². The summed E-state index contributed by atoms with van der Waals surface area (Å²) in [4.78, 5) is -5.35. The van der Waals surface area contributed by atoms with Gasteiger partial charge in [-0.25, -0.2) is 4.21 Å². The van der Waals surface area contributed by atoms with Gasteiger partial charge in [0, 0.05) is 0 Å². The van der Waals surface area contributed by atoms with Gasteiger partial charge in [0.1, 0.15) is 0 Å². The maximum atomic E-state index is 13.6. The highest BCUT2D eigenvalue weighted by Crippen LogP contribution is 2.56. The summed E-state index contributed by atoms with van der Waals surface area (Å²) >= 11 is -3.16. The van der Waals surface area contributed by atoms with Crippen molar-refractivity contribution in [3.63, 3.8) is 0 Å². The molecule has 0 rings (SSSR count). The van der Waals surface area contributed by atoms with Crippen LogP contribution in [-0.2, 0) is 20.6 Å². The summed E-state index contributed by atoms with van der Waals surface area (Å²) in [5, 5.41) is -6.62. The lowest BCUT2D eigenvalue weighted by Gasteiger charge is -2.39. The summed E-state index contributed by atoms with van der Waals surface area (Å²) in [6, 6.07) is 0. The molecule has 0 saturated carbocycles. The van der Waals surface area contributed by atoms with Crippen LogP contribution in [0.4, 0.5) is 57.1 Å². The van der Waals surface area contributed by atoms with Crippen LogP contribution in [0.2, 0.25) is 0 Å². The average molecular weight is 588 g/mol. The molecule has 20 heteroatoms. The van der Waals surface area contributed by atoms with Crippen LogP contribution in [0.3, 0.4) is 0 Å². The van der Waals surface area contributed by atoms with Gasteiger partial charge in [-0.3, -0.25) is 9.47 Å². The minimum absolute atomic E-state index is 0.960. The zero-order valence-corrected chi connectivity index (χ0v) is 15.2. The van der Waals surface area contributed by atoms with Gasteiger partial charge in [0.05, 0.1) is 0 Å². The van der Waals surface area contributed by atoms with E-state index in [-0.39, 0.29) is 0 Å². The molecule has 0 amide bonds. The number of halogens is 15. The fourth-order valence-corrected chi connectivity index (χ4v) is 1.43. The van der Waals surface area contributed by atoms with Crippen molar-refractivity contribution < 1.29 is 75.3 Å². The molecule has 0 saturated heterocycles. The quantitative estimate of drug-likeness (QED) is 0.239. The Morgan fingerprint density at radius 3 is 1.33 bits per heavy atom. The first kappa shape index (κ1) is 27.1. The normalized spacial score (nSPS) is 20.7. The van der Waals surface area contributed by atoms with Crippen LogP contribution in [0.5, 0.6) is 0 Å². The molecule has 0 radical (unpaired) electrons. The molecule has 3 unspecified atom stereocenters. The van der Waals surface area contributed by atoms with Gasteiger partial charge < -0.3 is 4.55 Å². The molecule has 0 bridgehead atoms. The lowest BCUT2D eigenvalue weighted by atomic mass is 10.2. The van der Waals surface area contributed by atoms with E-state index in [1.807, 2.05) is 0 Å². The van der Waals surface area contributed by atoms with Crippen molar-refractivity contribution in [2.24, 2.45) is 0 Å². The van der Waals surface area contributed by atoms with E-state index in [4.69, 9.17) is 4.55 Å². The molecular formula is C7HBr2F13O4S. The Bertz CT molecular complexity index is 576. The lowest BCUT2D eigenvalue weighted by Crippen LogP contribution is -2.65. The second kappa shape index (κ2) is 7.40. The minimum atomic E-state index is -7.46. The zero-order chi connectivity index (χ0) is 22.5. The molecule has 0 aliphatic heterocycles. The molecule has 4 nitrogen and oxygen atoms in total. The largest absolute Gasteiger partial charge is 0.458 e. The number of ether oxygens (including phenoxy) is 2. The van der Waals surface area contributed by atoms with Crippen molar-refractivity contribution in [2.45, 2.75) is 39.1 Å². The molecule has 0 heterocycles. The van der Waals surface area contributed by atoms with E-state index in [2.05, 4.69) is 4.74 Å². The van der Waals surface area contributed by atoms with Gasteiger partial charge in [-0.15, -0.1) is 0 Å². The first-order valence-electron chi connectivity index (χ1n) is 5.20. The zero-order valence-electron chi connectivity index (χ0n) is 11.2. The van der Waals surface area contributed by atoms with Crippen LogP contribution in [0, 0.1) is 0 Å². The molecule has 0 aliphatic carbocycles. The van der Waals surface area contributed by atoms with Gasteiger partial charge in [0.25, 0.3) is 0 Å². The summed E-state index contributed by atoms with van der Waals surface area (Å²) in [7, 11) is 0. The van der Waals surface area contributed by atoms with Crippen molar-refractivity contribution in [1.82, 2.24) is 0 Å².